The van der Waals surface area contributed by atoms with E-state index in [1.54, 1.807) is 7.11 Å². The van der Waals surface area contributed by atoms with Crippen molar-refractivity contribution in [1.82, 2.24) is 0 Å². The van der Waals surface area contributed by atoms with Crippen LogP contribution in [0.5, 0.6) is 5.75 Å². The normalized spacial score (nSPS) is 13.3. The van der Waals surface area contributed by atoms with Crippen LogP contribution >= 0.6 is 0 Å². The van der Waals surface area contributed by atoms with Crippen molar-refractivity contribution in [2.75, 3.05) is 7.11 Å². The van der Waals surface area contributed by atoms with Crippen LogP contribution in [0.1, 0.15) is 30.0 Å². The molecule has 0 atom stereocenters. The fraction of sp³-hybridized carbons (Fsp3) is 0.273. The van der Waals surface area contributed by atoms with Gasteiger partial charge in [-0.15, -0.1) is 0 Å². The minimum absolute atomic E-state index is 1.01. The van der Waals surface area contributed by atoms with Crippen molar-refractivity contribution in [2.45, 2.75) is 32.6 Å². The third-order valence-corrected chi connectivity index (χ3v) is 5.06. The summed E-state index contributed by atoms with van der Waals surface area (Å²) in [6.07, 6.45) is 4.67. The number of methoxy groups -OCH3 is 1. The molecule has 1 aliphatic rings. The monoisotopic (exact) mass is 302 g/mol. The first kappa shape index (κ1) is 14.3. The van der Waals surface area contributed by atoms with E-state index in [0.29, 0.717) is 0 Å². The van der Waals surface area contributed by atoms with Gasteiger partial charge in [-0.25, -0.2) is 0 Å². The standard InChI is InChI=1S/C22H22O/c1-3-15-11-16-7-4-5-8-17(16)12-20(15)21-13-18-9-6-10-19(18)14-22(21)23-2/h4-5,7-8,11-14H,3,6,9-10H2,1-2H3. The van der Waals surface area contributed by atoms with E-state index in [1.807, 2.05) is 0 Å². The summed E-state index contributed by atoms with van der Waals surface area (Å²) in [5, 5.41) is 2.61. The molecular formula is C22H22O. The molecule has 1 nitrogen and oxygen atoms in total. The molecule has 0 N–H and O–H groups in total. The van der Waals surface area contributed by atoms with Crippen molar-refractivity contribution in [3.05, 3.63) is 65.2 Å². The fourth-order valence-corrected chi connectivity index (χ4v) is 3.81. The molecule has 0 fully saturated rings. The number of aryl methyl sites for hydroxylation is 3. The van der Waals surface area contributed by atoms with Gasteiger partial charge in [0.15, 0.2) is 0 Å². The van der Waals surface area contributed by atoms with Crippen molar-refractivity contribution in [3.8, 4) is 16.9 Å². The van der Waals surface area contributed by atoms with Crippen LogP contribution in [0.25, 0.3) is 21.9 Å². The largest absolute Gasteiger partial charge is 0.496 e. The first-order chi connectivity index (χ1) is 11.3. The number of hydrogen-bond donors (Lipinski definition) is 0. The Hall–Kier alpha value is -2.28. The van der Waals surface area contributed by atoms with Crippen LogP contribution in [0, 0.1) is 0 Å². The Kier molecular flexibility index (Phi) is 3.57. The summed E-state index contributed by atoms with van der Waals surface area (Å²) in [5.41, 5.74) is 6.91. The van der Waals surface area contributed by atoms with Gasteiger partial charge in [0.1, 0.15) is 5.75 Å². The summed E-state index contributed by atoms with van der Waals surface area (Å²) < 4.78 is 5.74. The fourth-order valence-electron chi connectivity index (χ4n) is 3.81. The summed E-state index contributed by atoms with van der Waals surface area (Å²) in [6, 6.07) is 17.9. The summed E-state index contributed by atoms with van der Waals surface area (Å²) in [7, 11) is 1.78. The van der Waals surface area contributed by atoms with Gasteiger partial charge >= 0.3 is 0 Å². The van der Waals surface area contributed by atoms with Crippen LogP contribution in [-0.2, 0) is 19.3 Å². The minimum Gasteiger partial charge on any atom is -0.496 e. The van der Waals surface area contributed by atoms with E-state index in [2.05, 4.69) is 55.5 Å². The van der Waals surface area contributed by atoms with Gasteiger partial charge < -0.3 is 4.74 Å². The van der Waals surface area contributed by atoms with Crippen molar-refractivity contribution in [1.29, 1.82) is 0 Å². The molecule has 4 rings (SSSR count). The number of fused-ring (bicyclic) bond motifs is 2. The molecule has 0 aliphatic heterocycles. The van der Waals surface area contributed by atoms with Gasteiger partial charge in [0.25, 0.3) is 0 Å². The average Bonchev–Trinajstić information content (AvgIpc) is 3.06. The molecule has 0 saturated carbocycles. The molecule has 0 unspecified atom stereocenters. The SMILES string of the molecule is CCc1cc2ccccc2cc1-c1cc2c(cc1OC)CCC2. The van der Waals surface area contributed by atoms with Crippen LogP contribution < -0.4 is 4.74 Å². The lowest BCUT2D eigenvalue weighted by Crippen LogP contribution is -1.95. The second kappa shape index (κ2) is 5.73. The zero-order valence-electron chi connectivity index (χ0n) is 13.9. The summed E-state index contributed by atoms with van der Waals surface area (Å²) in [4.78, 5) is 0. The van der Waals surface area contributed by atoms with E-state index in [4.69, 9.17) is 4.74 Å². The van der Waals surface area contributed by atoms with E-state index < -0.39 is 0 Å². The molecule has 1 heteroatoms. The third-order valence-electron chi connectivity index (χ3n) is 5.06. The van der Waals surface area contributed by atoms with Gasteiger partial charge in [-0.05, 0) is 76.9 Å². The Morgan fingerprint density at radius 2 is 1.57 bits per heavy atom. The smallest absolute Gasteiger partial charge is 0.126 e. The van der Waals surface area contributed by atoms with E-state index in [1.165, 1.54) is 57.9 Å². The second-order valence-electron chi connectivity index (χ2n) is 6.38. The maximum Gasteiger partial charge on any atom is 0.126 e. The molecule has 116 valence electrons. The number of hydrogen-bond acceptors (Lipinski definition) is 1. The maximum atomic E-state index is 5.74. The Labute approximate surface area is 137 Å². The molecule has 3 aromatic rings. The highest BCUT2D eigenvalue weighted by molar-refractivity contribution is 5.90. The number of benzene rings is 3. The van der Waals surface area contributed by atoms with Gasteiger partial charge in [-0.1, -0.05) is 37.3 Å². The summed E-state index contributed by atoms with van der Waals surface area (Å²) >= 11 is 0. The predicted octanol–water partition coefficient (Wildman–Crippen LogP) is 5.57. The Morgan fingerprint density at radius 3 is 2.26 bits per heavy atom. The Balaban J connectivity index is 1.98. The lowest BCUT2D eigenvalue weighted by molar-refractivity contribution is 0.416. The molecule has 0 radical (unpaired) electrons. The molecule has 3 aromatic carbocycles. The summed E-state index contributed by atoms with van der Waals surface area (Å²) in [5.74, 6) is 1.01. The summed E-state index contributed by atoms with van der Waals surface area (Å²) in [6.45, 7) is 2.23. The average molecular weight is 302 g/mol. The molecule has 0 saturated heterocycles. The number of rotatable bonds is 3. The highest BCUT2D eigenvalue weighted by atomic mass is 16.5. The molecule has 0 aromatic heterocycles. The number of ether oxygens (including phenoxy) is 1. The van der Waals surface area contributed by atoms with E-state index >= 15 is 0 Å². The van der Waals surface area contributed by atoms with Gasteiger partial charge in [-0.3, -0.25) is 0 Å². The third kappa shape index (κ3) is 2.41. The molecule has 0 bridgehead atoms. The first-order valence-electron chi connectivity index (χ1n) is 8.52. The molecule has 0 spiro atoms. The Morgan fingerprint density at radius 1 is 0.870 bits per heavy atom. The van der Waals surface area contributed by atoms with E-state index in [9.17, 15) is 0 Å². The molecule has 0 amide bonds. The zero-order valence-corrected chi connectivity index (χ0v) is 13.9. The quantitative estimate of drug-likeness (QED) is 0.615. The zero-order chi connectivity index (χ0) is 15.8. The lowest BCUT2D eigenvalue weighted by Gasteiger charge is -2.16. The van der Waals surface area contributed by atoms with Gasteiger partial charge in [0.05, 0.1) is 7.11 Å². The van der Waals surface area contributed by atoms with Crippen LogP contribution in [-0.4, -0.2) is 7.11 Å². The van der Waals surface area contributed by atoms with Gasteiger partial charge in [-0.2, -0.15) is 0 Å². The van der Waals surface area contributed by atoms with Gasteiger partial charge in [0.2, 0.25) is 0 Å². The minimum atomic E-state index is 1.01. The highest BCUT2D eigenvalue weighted by Gasteiger charge is 2.18. The van der Waals surface area contributed by atoms with Crippen LogP contribution in [0.15, 0.2) is 48.5 Å². The van der Waals surface area contributed by atoms with E-state index in [-0.39, 0.29) is 0 Å². The topological polar surface area (TPSA) is 9.23 Å². The lowest BCUT2D eigenvalue weighted by atomic mass is 9.92. The predicted molar refractivity (Wildman–Crippen MR) is 97.3 cm³/mol. The van der Waals surface area contributed by atoms with Crippen molar-refractivity contribution < 1.29 is 4.74 Å². The van der Waals surface area contributed by atoms with Crippen molar-refractivity contribution in [3.63, 3.8) is 0 Å². The van der Waals surface area contributed by atoms with Crippen molar-refractivity contribution >= 4 is 10.8 Å². The Bertz CT molecular complexity index is 877. The van der Waals surface area contributed by atoms with E-state index in [0.717, 1.165) is 12.2 Å². The maximum absolute atomic E-state index is 5.74. The molecule has 0 heterocycles. The van der Waals surface area contributed by atoms with Crippen LogP contribution in [0.2, 0.25) is 0 Å². The van der Waals surface area contributed by atoms with Crippen LogP contribution in [0.4, 0.5) is 0 Å². The molecule has 1 aliphatic carbocycles. The molecular weight excluding hydrogens is 280 g/mol. The van der Waals surface area contributed by atoms with Crippen molar-refractivity contribution in [2.24, 2.45) is 0 Å². The first-order valence-corrected chi connectivity index (χ1v) is 8.52. The second-order valence-corrected chi connectivity index (χ2v) is 6.38. The van der Waals surface area contributed by atoms with Crippen LogP contribution in [0.3, 0.4) is 0 Å². The highest BCUT2D eigenvalue weighted by Crippen LogP contribution is 2.39. The molecule has 23 heavy (non-hydrogen) atoms. The van der Waals surface area contributed by atoms with Gasteiger partial charge in [0, 0.05) is 5.56 Å².